The van der Waals surface area contributed by atoms with Crippen LogP contribution in [0.3, 0.4) is 0 Å². The maximum Gasteiger partial charge on any atom is 0.191 e. The third-order valence-corrected chi connectivity index (χ3v) is 3.15. The Kier molecular flexibility index (Phi) is 5.91. The Hall–Kier alpha value is -2.63. The van der Waals surface area contributed by atoms with Crippen molar-refractivity contribution in [2.45, 2.75) is 20.0 Å². The molecule has 0 aliphatic heterocycles. The molecular formula is C17H19F2N3O. The molecule has 2 aromatic rings. The van der Waals surface area contributed by atoms with Crippen LogP contribution in [0.25, 0.3) is 0 Å². The van der Waals surface area contributed by atoms with E-state index in [4.69, 9.17) is 0 Å². The summed E-state index contributed by atoms with van der Waals surface area (Å²) in [6.07, 6.45) is 0. The monoisotopic (exact) mass is 319 g/mol. The smallest absolute Gasteiger partial charge is 0.191 e. The highest BCUT2D eigenvalue weighted by Gasteiger charge is 2.02. The molecule has 0 bridgehead atoms. The van der Waals surface area contributed by atoms with Crippen molar-refractivity contribution in [3.63, 3.8) is 0 Å². The van der Waals surface area contributed by atoms with Gasteiger partial charge in [-0.15, -0.1) is 0 Å². The fourth-order valence-corrected chi connectivity index (χ4v) is 1.95. The molecule has 0 fully saturated rings. The predicted octanol–water partition coefficient (Wildman–Crippen LogP) is 2.93. The van der Waals surface area contributed by atoms with Gasteiger partial charge in [0.15, 0.2) is 17.5 Å². The Morgan fingerprint density at radius 3 is 2.39 bits per heavy atom. The molecule has 3 N–H and O–H groups in total. The summed E-state index contributed by atoms with van der Waals surface area (Å²) < 4.78 is 26.2. The van der Waals surface area contributed by atoms with Crippen LogP contribution in [0.5, 0.6) is 5.75 Å². The Morgan fingerprint density at radius 1 is 1.04 bits per heavy atom. The van der Waals surface area contributed by atoms with Gasteiger partial charge >= 0.3 is 0 Å². The highest BCUT2D eigenvalue weighted by atomic mass is 19.1. The van der Waals surface area contributed by atoms with Gasteiger partial charge in [-0.25, -0.2) is 13.8 Å². The molecule has 6 heteroatoms. The van der Waals surface area contributed by atoms with Crippen molar-refractivity contribution in [3.8, 4) is 5.75 Å². The number of hydrogen-bond acceptors (Lipinski definition) is 2. The van der Waals surface area contributed by atoms with Gasteiger partial charge in [0.1, 0.15) is 5.82 Å². The molecule has 0 amide bonds. The molecule has 0 unspecified atom stereocenters. The maximum absolute atomic E-state index is 13.3. The number of halogens is 2. The minimum absolute atomic E-state index is 0.274. The van der Waals surface area contributed by atoms with Crippen LogP contribution in [0, 0.1) is 11.6 Å². The summed E-state index contributed by atoms with van der Waals surface area (Å²) in [5.74, 6) is -0.741. The lowest BCUT2D eigenvalue weighted by Gasteiger charge is -2.11. The molecule has 122 valence electrons. The van der Waals surface area contributed by atoms with E-state index >= 15 is 0 Å². The molecule has 2 aromatic carbocycles. The minimum atomic E-state index is -0.665. The lowest BCUT2D eigenvalue weighted by molar-refractivity contribution is 0.432. The average molecular weight is 319 g/mol. The molecule has 2 rings (SSSR count). The summed E-state index contributed by atoms with van der Waals surface area (Å²) >= 11 is 0. The Labute approximate surface area is 133 Å². The van der Waals surface area contributed by atoms with Crippen LogP contribution < -0.4 is 10.6 Å². The second-order valence-electron chi connectivity index (χ2n) is 4.96. The molecule has 4 nitrogen and oxygen atoms in total. The van der Waals surface area contributed by atoms with E-state index in [1.165, 1.54) is 24.3 Å². The van der Waals surface area contributed by atoms with Crippen molar-refractivity contribution in [2.24, 2.45) is 4.99 Å². The molecular weight excluding hydrogens is 300 g/mol. The summed E-state index contributed by atoms with van der Waals surface area (Å²) in [6.45, 7) is 3.39. The number of guanidine groups is 1. The topological polar surface area (TPSA) is 56.7 Å². The Bertz CT molecular complexity index is 672. The zero-order valence-electron chi connectivity index (χ0n) is 12.8. The van der Waals surface area contributed by atoms with E-state index in [1.807, 2.05) is 6.92 Å². The van der Waals surface area contributed by atoms with E-state index < -0.39 is 5.82 Å². The maximum atomic E-state index is 13.3. The standard InChI is InChI=1S/C17H19F2N3O/c1-2-20-17(21-10-12-3-6-14(18)7-4-12)22-11-13-5-8-16(23)15(19)9-13/h3-9,23H,2,10-11H2,1H3,(H2,20,21,22). The first-order chi connectivity index (χ1) is 11.1. The average Bonchev–Trinajstić information content (AvgIpc) is 2.55. The summed E-state index contributed by atoms with van der Waals surface area (Å²) in [5, 5.41) is 15.4. The molecule has 0 aliphatic rings. The molecule has 0 spiro atoms. The van der Waals surface area contributed by atoms with E-state index in [0.717, 1.165) is 5.56 Å². The molecule has 0 aliphatic carbocycles. The van der Waals surface area contributed by atoms with E-state index in [9.17, 15) is 13.9 Å². The minimum Gasteiger partial charge on any atom is -0.505 e. The fraction of sp³-hybridized carbons (Fsp3) is 0.235. The van der Waals surface area contributed by atoms with E-state index in [-0.39, 0.29) is 18.1 Å². The van der Waals surface area contributed by atoms with Gasteiger partial charge in [-0.3, -0.25) is 0 Å². The highest BCUT2D eigenvalue weighted by Crippen LogP contribution is 2.16. The Balaban J connectivity index is 1.98. The second kappa shape index (κ2) is 8.12. The van der Waals surface area contributed by atoms with Crippen LogP contribution >= 0.6 is 0 Å². The first-order valence-electron chi connectivity index (χ1n) is 7.32. The summed E-state index contributed by atoms with van der Waals surface area (Å²) in [7, 11) is 0. The van der Waals surface area contributed by atoms with Crippen molar-refractivity contribution >= 4 is 5.96 Å². The number of aliphatic imine (C=N–C) groups is 1. The summed E-state index contributed by atoms with van der Waals surface area (Å²) in [6, 6.07) is 10.4. The van der Waals surface area contributed by atoms with Crippen LogP contribution in [0.1, 0.15) is 18.1 Å². The van der Waals surface area contributed by atoms with Gasteiger partial charge < -0.3 is 15.7 Å². The lowest BCUT2D eigenvalue weighted by atomic mass is 10.2. The predicted molar refractivity (Wildman–Crippen MR) is 86.1 cm³/mol. The number of hydrogen-bond donors (Lipinski definition) is 3. The number of aromatic hydroxyl groups is 1. The molecule has 0 aromatic heterocycles. The molecule has 0 saturated heterocycles. The third-order valence-electron chi connectivity index (χ3n) is 3.15. The first kappa shape index (κ1) is 16.7. The van der Waals surface area contributed by atoms with Crippen LogP contribution in [0.15, 0.2) is 47.5 Å². The quantitative estimate of drug-likeness (QED) is 0.587. The fourth-order valence-electron chi connectivity index (χ4n) is 1.95. The van der Waals surface area contributed by atoms with Crippen molar-refractivity contribution in [3.05, 3.63) is 65.2 Å². The molecule has 0 saturated carbocycles. The lowest BCUT2D eigenvalue weighted by Crippen LogP contribution is -2.36. The van der Waals surface area contributed by atoms with E-state index in [1.54, 1.807) is 18.2 Å². The third kappa shape index (κ3) is 5.25. The van der Waals surface area contributed by atoms with Crippen LogP contribution in [-0.2, 0) is 13.1 Å². The van der Waals surface area contributed by atoms with Gasteiger partial charge in [0.25, 0.3) is 0 Å². The van der Waals surface area contributed by atoms with Crippen molar-refractivity contribution in [2.75, 3.05) is 6.54 Å². The second-order valence-corrected chi connectivity index (χ2v) is 4.96. The summed E-state index contributed by atoms with van der Waals surface area (Å²) in [4.78, 5) is 4.36. The van der Waals surface area contributed by atoms with Crippen molar-refractivity contribution < 1.29 is 13.9 Å². The van der Waals surface area contributed by atoms with Gasteiger partial charge in [0.2, 0.25) is 0 Å². The van der Waals surface area contributed by atoms with Crippen LogP contribution in [-0.4, -0.2) is 17.6 Å². The molecule has 0 radical (unpaired) electrons. The first-order valence-corrected chi connectivity index (χ1v) is 7.32. The number of nitrogens with zero attached hydrogens (tertiary/aromatic N) is 1. The SMILES string of the molecule is CCNC(=NCc1ccc(O)c(F)c1)NCc1ccc(F)cc1. The van der Waals surface area contributed by atoms with Crippen LogP contribution in [0.4, 0.5) is 8.78 Å². The number of phenolic OH excluding ortho intramolecular Hbond substituents is 1. The van der Waals surface area contributed by atoms with Gasteiger partial charge in [0, 0.05) is 13.1 Å². The zero-order chi connectivity index (χ0) is 16.7. The van der Waals surface area contributed by atoms with Gasteiger partial charge in [0.05, 0.1) is 6.54 Å². The van der Waals surface area contributed by atoms with E-state index in [2.05, 4.69) is 15.6 Å². The van der Waals surface area contributed by atoms with Crippen LogP contribution in [0.2, 0.25) is 0 Å². The largest absolute Gasteiger partial charge is 0.505 e. The van der Waals surface area contributed by atoms with Crippen molar-refractivity contribution in [1.82, 2.24) is 10.6 Å². The number of phenols is 1. The number of nitrogens with one attached hydrogen (secondary N) is 2. The highest BCUT2D eigenvalue weighted by molar-refractivity contribution is 5.79. The number of benzene rings is 2. The summed E-state index contributed by atoms with van der Waals surface area (Å²) in [5.41, 5.74) is 1.58. The molecule has 0 atom stereocenters. The molecule has 23 heavy (non-hydrogen) atoms. The molecule has 0 heterocycles. The van der Waals surface area contributed by atoms with Gasteiger partial charge in [-0.2, -0.15) is 0 Å². The van der Waals surface area contributed by atoms with E-state index in [0.29, 0.717) is 24.6 Å². The zero-order valence-corrected chi connectivity index (χ0v) is 12.8. The Morgan fingerprint density at radius 2 is 1.74 bits per heavy atom. The van der Waals surface area contributed by atoms with Gasteiger partial charge in [-0.1, -0.05) is 18.2 Å². The van der Waals surface area contributed by atoms with Gasteiger partial charge in [-0.05, 0) is 42.3 Å². The van der Waals surface area contributed by atoms with Crippen molar-refractivity contribution in [1.29, 1.82) is 0 Å². The number of rotatable bonds is 5. The normalized spacial score (nSPS) is 11.3.